The van der Waals surface area contributed by atoms with Gasteiger partial charge in [-0.05, 0) is 70.6 Å². The average Bonchev–Trinajstić information content (AvgIpc) is 3.24. The van der Waals surface area contributed by atoms with E-state index in [1.807, 2.05) is 0 Å². The summed E-state index contributed by atoms with van der Waals surface area (Å²) in [6.45, 7) is 6.48. The van der Waals surface area contributed by atoms with Gasteiger partial charge in [-0.3, -0.25) is 9.59 Å². The van der Waals surface area contributed by atoms with Gasteiger partial charge in [-0.15, -0.1) is 0 Å². The highest BCUT2D eigenvalue weighted by atomic mass is 16.5. The van der Waals surface area contributed by atoms with Crippen molar-refractivity contribution in [2.75, 3.05) is 6.61 Å². The van der Waals surface area contributed by atoms with Crippen LogP contribution in [0.1, 0.15) is 284 Å². The largest absolute Gasteiger partial charge is 0.462 e. The van der Waals surface area contributed by atoms with Gasteiger partial charge in [0.25, 0.3) is 0 Å². The summed E-state index contributed by atoms with van der Waals surface area (Å²) < 4.78 is 5.90. The molecule has 0 saturated carbocycles. The van der Waals surface area contributed by atoms with E-state index in [4.69, 9.17) is 4.74 Å². The highest BCUT2D eigenvalue weighted by Gasteiger charge is 2.24. The molecule has 0 radical (unpaired) electrons. The van der Waals surface area contributed by atoms with Gasteiger partial charge in [0.2, 0.25) is 5.91 Å². The molecular formula is C54H103NO5. The number of unbranched alkanes of at least 4 members (excludes halogenated alkanes) is 32. The Labute approximate surface area is 373 Å². The molecule has 60 heavy (non-hydrogen) atoms. The van der Waals surface area contributed by atoms with Crippen molar-refractivity contribution in [3.8, 4) is 0 Å². The quantitative estimate of drug-likeness (QED) is 0.0322. The number of hydrogen-bond acceptors (Lipinski definition) is 5. The molecule has 0 heterocycles. The number of nitrogens with one attached hydrogen (secondary N) is 1. The van der Waals surface area contributed by atoms with Crippen molar-refractivity contribution in [3.63, 3.8) is 0 Å². The predicted octanol–water partition coefficient (Wildman–Crippen LogP) is 15.9. The van der Waals surface area contributed by atoms with E-state index in [-0.39, 0.29) is 24.9 Å². The van der Waals surface area contributed by atoms with Crippen molar-refractivity contribution >= 4 is 11.9 Å². The Morgan fingerprint density at radius 1 is 0.467 bits per heavy atom. The summed E-state index contributed by atoms with van der Waals surface area (Å²) >= 11 is 0. The van der Waals surface area contributed by atoms with E-state index in [1.165, 1.54) is 173 Å². The maximum Gasteiger partial charge on any atom is 0.306 e. The lowest BCUT2D eigenvalue weighted by Crippen LogP contribution is -2.46. The number of carbonyl (C=O) groups is 2. The van der Waals surface area contributed by atoms with Crippen LogP contribution in [-0.4, -0.2) is 46.9 Å². The third kappa shape index (κ3) is 43.0. The minimum Gasteiger partial charge on any atom is -0.462 e. The second-order valence-corrected chi connectivity index (χ2v) is 18.3. The lowest BCUT2D eigenvalue weighted by Gasteiger charge is -2.24. The summed E-state index contributed by atoms with van der Waals surface area (Å²) in [4.78, 5) is 26.1. The van der Waals surface area contributed by atoms with Crippen molar-refractivity contribution in [3.05, 3.63) is 24.3 Å². The average molecular weight is 846 g/mol. The van der Waals surface area contributed by atoms with E-state index in [0.29, 0.717) is 19.3 Å². The SMILES string of the molecule is CCCCCCCC/C=C\CCCC(CC(=O)NC(CO)C(O)CCCCCCCCCCCCCCCCCC)OC(=O)CCCCC/C=C\CCCCCCCCC. The van der Waals surface area contributed by atoms with Crippen LogP contribution in [0.15, 0.2) is 24.3 Å². The molecule has 3 atom stereocenters. The van der Waals surface area contributed by atoms with Crippen LogP contribution in [0.5, 0.6) is 0 Å². The number of ether oxygens (including phenoxy) is 1. The first-order valence-electron chi connectivity index (χ1n) is 26.6. The molecule has 0 fully saturated rings. The highest BCUT2D eigenvalue weighted by molar-refractivity contribution is 5.77. The number of carbonyl (C=O) groups excluding carboxylic acids is 2. The lowest BCUT2D eigenvalue weighted by molar-refractivity contribution is -0.151. The molecular weight excluding hydrogens is 743 g/mol. The Bertz CT molecular complexity index is 950. The van der Waals surface area contributed by atoms with Crippen LogP contribution in [0.4, 0.5) is 0 Å². The summed E-state index contributed by atoms with van der Waals surface area (Å²) in [5.74, 6) is -0.511. The molecule has 0 spiro atoms. The first-order valence-corrected chi connectivity index (χ1v) is 26.6. The molecule has 0 rings (SSSR count). The van der Waals surface area contributed by atoms with Crippen molar-refractivity contribution in [2.24, 2.45) is 0 Å². The molecule has 0 bridgehead atoms. The topological polar surface area (TPSA) is 95.9 Å². The minimum absolute atomic E-state index is 0.0546. The molecule has 0 saturated heterocycles. The standard InChI is InChI=1S/C54H103NO5/c1-4-7-10-13-16-19-22-24-26-27-28-31-34-37-40-43-46-52(57)51(49-56)55-53(58)48-50(45-42-39-36-33-30-21-18-15-12-9-6-3)60-54(59)47-44-41-38-35-32-29-25-23-20-17-14-11-8-5-2/h29,32-33,36,50-52,56-57H,4-28,30-31,34-35,37-49H2,1-3H3,(H,55,58)/b32-29-,36-33-. The Balaban J connectivity index is 4.51. The van der Waals surface area contributed by atoms with E-state index in [2.05, 4.69) is 50.4 Å². The number of amides is 1. The Morgan fingerprint density at radius 3 is 1.22 bits per heavy atom. The second kappa shape index (κ2) is 48.4. The molecule has 0 aromatic rings. The number of hydrogen-bond donors (Lipinski definition) is 3. The van der Waals surface area contributed by atoms with Crippen molar-refractivity contribution < 1.29 is 24.5 Å². The molecule has 0 aliphatic rings. The van der Waals surface area contributed by atoms with Gasteiger partial charge >= 0.3 is 5.97 Å². The van der Waals surface area contributed by atoms with Gasteiger partial charge in [-0.1, -0.05) is 225 Å². The lowest BCUT2D eigenvalue weighted by atomic mass is 10.0. The zero-order chi connectivity index (χ0) is 43.8. The third-order valence-corrected chi connectivity index (χ3v) is 12.3. The number of aliphatic hydroxyl groups is 2. The summed E-state index contributed by atoms with van der Waals surface area (Å²) in [6.07, 6.45) is 55.3. The maximum atomic E-state index is 13.2. The van der Waals surface area contributed by atoms with E-state index >= 15 is 0 Å². The molecule has 0 aromatic carbocycles. The first-order chi connectivity index (χ1) is 29.5. The third-order valence-electron chi connectivity index (χ3n) is 12.3. The van der Waals surface area contributed by atoms with Crippen LogP contribution < -0.4 is 5.32 Å². The van der Waals surface area contributed by atoms with E-state index < -0.39 is 18.2 Å². The number of rotatable bonds is 48. The van der Waals surface area contributed by atoms with Crippen LogP contribution in [0.25, 0.3) is 0 Å². The molecule has 0 aliphatic carbocycles. The predicted molar refractivity (Wildman–Crippen MR) is 260 cm³/mol. The zero-order valence-electron chi connectivity index (χ0n) is 40.4. The molecule has 6 nitrogen and oxygen atoms in total. The zero-order valence-corrected chi connectivity index (χ0v) is 40.4. The molecule has 3 N–H and O–H groups in total. The van der Waals surface area contributed by atoms with Crippen molar-refractivity contribution in [2.45, 2.75) is 302 Å². The maximum absolute atomic E-state index is 13.2. The van der Waals surface area contributed by atoms with Gasteiger partial charge in [-0.25, -0.2) is 0 Å². The summed E-state index contributed by atoms with van der Waals surface area (Å²) in [5.41, 5.74) is 0. The van der Waals surface area contributed by atoms with Crippen LogP contribution in [0, 0.1) is 0 Å². The number of aliphatic hydroxyl groups excluding tert-OH is 2. The van der Waals surface area contributed by atoms with Gasteiger partial charge in [0.05, 0.1) is 25.2 Å². The van der Waals surface area contributed by atoms with Crippen LogP contribution in [0.3, 0.4) is 0 Å². The number of allylic oxidation sites excluding steroid dienone is 4. The Morgan fingerprint density at radius 2 is 0.817 bits per heavy atom. The van der Waals surface area contributed by atoms with Gasteiger partial charge < -0.3 is 20.3 Å². The fraction of sp³-hybridized carbons (Fsp3) is 0.889. The van der Waals surface area contributed by atoms with Gasteiger partial charge in [0, 0.05) is 6.42 Å². The molecule has 0 aromatic heterocycles. The Kier molecular flexibility index (Phi) is 47.0. The van der Waals surface area contributed by atoms with Gasteiger partial charge in [0.1, 0.15) is 6.10 Å². The fourth-order valence-electron chi connectivity index (χ4n) is 8.19. The first kappa shape index (κ1) is 58.3. The summed E-state index contributed by atoms with van der Waals surface area (Å²) in [5, 5.41) is 23.8. The minimum atomic E-state index is -0.793. The van der Waals surface area contributed by atoms with E-state index in [9.17, 15) is 19.8 Å². The van der Waals surface area contributed by atoms with Crippen molar-refractivity contribution in [1.29, 1.82) is 0 Å². The fourth-order valence-corrected chi connectivity index (χ4v) is 8.19. The molecule has 1 amide bonds. The van der Waals surface area contributed by atoms with Crippen LogP contribution in [-0.2, 0) is 14.3 Å². The van der Waals surface area contributed by atoms with E-state index in [1.54, 1.807) is 0 Å². The van der Waals surface area contributed by atoms with Crippen LogP contribution >= 0.6 is 0 Å². The smallest absolute Gasteiger partial charge is 0.306 e. The summed E-state index contributed by atoms with van der Waals surface area (Å²) in [7, 11) is 0. The number of esters is 1. The molecule has 0 aliphatic heterocycles. The second-order valence-electron chi connectivity index (χ2n) is 18.3. The van der Waals surface area contributed by atoms with Crippen LogP contribution in [0.2, 0.25) is 0 Å². The summed E-state index contributed by atoms with van der Waals surface area (Å²) in [6, 6.07) is -0.709. The van der Waals surface area contributed by atoms with Gasteiger partial charge in [-0.2, -0.15) is 0 Å². The molecule has 6 heteroatoms. The van der Waals surface area contributed by atoms with Crippen molar-refractivity contribution in [1.82, 2.24) is 5.32 Å². The highest BCUT2D eigenvalue weighted by Crippen LogP contribution is 2.17. The Hall–Kier alpha value is -1.66. The molecule has 3 unspecified atom stereocenters. The van der Waals surface area contributed by atoms with Gasteiger partial charge in [0.15, 0.2) is 0 Å². The normalized spacial score (nSPS) is 13.3. The van der Waals surface area contributed by atoms with E-state index in [0.717, 1.165) is 64.2 Å². The molecule has 354 valence electrons. The monoisotopic (exact) mass is 846 g/mol.